The van der Waals surface area contributed by atoms with E-state index >= 15 is 0 Å². The van der Waals surface area contributed by atoms with E-state index in [9.17, 15) is 8.78 Å². The molecule has 0 fully saturated rings. The molecule has 2 aromatic carbocycles. The highest BCUT2D eigenvalue weighted by Crippen LogP contribution is 2.38. The van der Waals surface area contributed by atoms with E-state index in [1.807, 2.05) is 12.1 Å². The lowest BCUT2D eigenvalue weighted by atomic mass is 9.83. The highest BCUT2D eigenvalue weighted by atomic mass is 35.5. The fraction of sp³-hybridized carbons (Fsp3) is 0.167. The number of nitrogens with zero attached hydrogens (tertiary/aromatic N) is 2. The van der Waals surface area contributed by atoms with Gasteiger partial charge in [0.1, 0.15) is 11.6 Å². The van der Waals surface area contributed by atoms with Crippen molar-refractivity contribution in [3.05, 3.63) is 76.4 Å². The van der Waals surface area contributed by atoms with Gasteiger partial charge in [-0.1, -0.05) is 29.8 Å². The second kappa shape index (κ2) is 6.13. The first-order valence-corrected chi connectivity index (χ1v) is 7.54. The molecule has 0 radical (unpaired) electrons. The third-order valence-corrected chi connectivity index (χ3v) is 4.09. The van der Waals surface area contributed by atoms with Crippen molar-refractivity contribution in [3.63, 3.8) is 0 Å². The van der Waals surface area contributed by atoms with Gasteiger partial charge in [-0.3, -0.25) is 5.01 Å². The molecule has 2 aromatic rings. The van der Waals surface area contributed by atoms with Gasteiger partial charge >= 0.3 is 0 Å². The molecule has 1 aliphatic rings. The van der Waals surface area contributed by atoms with E-state index in [1.54, 1.807) is 37.3 Å². The number of benzene rings is 2. The fourth-order valence-corrected chi connectivity index (χ4v) is 3.00. The molecule has 3 rings (SSSR count). The summed E-state index contributed by atoms with van der Waals surface area (Å²) in [5.41, 5.74) is 2.27. The summed E-state index contributed by atoms with van der Waals surface area (Å²) in [5.74, 6) is -1.73. The van der Waals surface area contributed by atoms with Crippen molar-refractivity contribution in [1.82, 2.24) is 5.01 Å². The van der Waals surface area contributed by atoms with E-state index < -0.39 is 17.6 Å². The van der Waals surface area contributed by atoms with Gasteiger partial charge in [-0.15, -0.1) is 0 Å². The Balaban J connectivity index is 2.17. The van der Waals surface area contributed by atoms with Crippen molar-refractivity contribution in [2.75, 3.05) is 7.05 Å². The first-order valence-electron chi connectivity index (χ1n) is 7.17. The molecular weight excluding hydrogens is 318 g/mol. The first-order chi connectivity index (χ1) is 11.0. The fourth-order valence-electron chi connectivity index (χ4n) is 2.87. The largest absolute Gasteiger partial charge is 0.276 e. The van der Waals surface area contributed by atoms with Gasteiger partial charge in [0, 0.05) is 29.5 Å². The number of halogens is 3. The molecule has 0 saturated carbocycles. The second-order valence-electron chi connectivity index (χ2n) is 5.47. The Hall–Kier alpha value is -2.20. The normalized spacial score (nSPS) is 17.8. The molecule has 118 valence electrons. The standard InChI is InChI=1S/C18H15ClF2N2/c1-11-17(18-15(20)4-3-5-16(18)21)14(10-23(2)22-11)12-6-8-13(19)9-7-12/h3-10,17H,1-2H3. The summed E-state index contributed by atoms with van der Waals surface area (Å²) in [6.45, 7) is 1.77. The topological polar surface area (TPSA) is 15.6 Å². The van der Waals surface area contributed by atoms with Crippen LogP contribution in [0.5, 0.6) is 0 Å². The maximum atomic E-state index is 14.3. The van der Waals surface area contributed by atoms with Crippen LogP contribution in [0.15, 0.2) is 53.8 Å². The van der Waals surface area contributed by atoms with E-state index in [2.05, 4.69) is 5.10 Å². The van der Waals surface area contributed by atoms with Crippen molar-refractivity contribution in [2.24, 2.45) is 5.10 Å². The lowest BCUT2D eigenvalue weighted by Crippen LogP contribution is -2.23. The van der Waals surface area contributed by atoms with Crippen LogP contribution in [0, 0.1) is 11.6 Å². The molecule has 1 atom stereocenters. The van der Waals surface area contributed by atoms with E-state index in [0.29, 0.717) is 10.7 Å². The molecule has 0 N–H and O–H groups in total. The van der Waals surface area contributed by atoms with Crippen LogP contribution < -0.4 is 0 Å². The van der Waals surface area contributed by atoms with Gasteiger partial charge in [0.25, 0.3) is 0 Å². The van der Waals surface area contributed by atoms with Crippen LogP contribution in [0.3, 0.4) is 0 Å². The van der Waals surface area contributed by atoms with Crippen LogP contribution in [0.2, 0.25) is 5.02 Å². The van der Waals surface area contributed by atoms with Crippen LogP contribution in [0.1, 0.15) is 24.0 Å². The highest BCUT2D eigenvalue weighted by Gasteiger charge is 2.30. The minimum absolute atomic E-state index is 0.0167. The van der Waals surface area contributed by atoms with Crippen LogP contribution in [0.4, 0.5) is 8.78 Å². The van der Waals surface area contributed by atoms with Crippen LogP contribution in [-0.2, 0) is 0 Å². The molecule has 2 nitrogen and oxygen atoms in total. The van der Waals surface area contributed by atoms with Crippen LogP contribution >= 0.6 is 11.6 Å². The molecule has 0 amide bonds. The van der Waals surface area contributed by atoms with Gasteiger partial charge in [-0.25, -0.2) is 8.78 Å². The lowest BCUT2D eigenvalue weighted by molar-refractivity contribution is 0.477. The molecule has 1 aliphatic heterocycles. The molecule has 0 saturated heterocycles. The predicted molar refractivity (Wildman–Crippen MR) is 89.4 cm³/mol. The average Bonchev–Trinajstić information content (AvgIpc) is 2.49. The van der Waals surface area contributed by atoms with Crippen molar-refractivity contribution in [3.8, 4) is 0 Å². The van der Waals surface area contributed by atoms with Gasteiger partial charge < -0.3 is 0 Å². The van der Waals surface area contributed by atoms with Crippen molar-refractivity contribution < 1.29 is 8.78 Å². The number of hydrogen-bond acceptors (Lipinski definition) is 2. The molecule has 0 aromatic heterocycles. The van der Waals surface area contributed by atoms with E-state index in [-0.39, 0.29) is 5.56 Å². The molecule has 1 heterocycles. The molecule has 1 unspecified atom stereocenters. The number of hydrogen-bond donors (Lipinski definition) is 0. The number of allylic oxidation sites excluding steroid dienone is 1. The smallest absolute Gasteiger partial charge is 0.130 e. The summed E-state index contributed by atoms with van der Waals surface area (Å²) >= 11 is 5.94. The summed E-state index contributed by atoms with van der Waals surface area (Å²) in [6, 6.07) is 11.1. The highest BCUT2D eigenvalue weighted by molar-refractivity contribution is 6.30. The molecule has 23 heavy (non-hydrogen) atoms. The predicted octanol–water partition coefficient (Wildman–Crippen LogP) is 5.06. The Bertz CT molecular complexity index is 777. The maximum Gasteiger partial charge on any atom is 0.130 e. The SMILES string of the molecule is CC1=NN(C)C=C(c2ccc(Cl)cc2)C1c1c(F)cccc1F. The van der Waals surface area contributed by atoms with Gasteiger partial charge in [-0.05, 0) is 42.3 Å². The number of rotatable bonds is 2. The minimum Gasteiger partial charge on any atom is -0.276 e. The molecule has 0 bridgehead atoms. The maximum absolute atomic E-state index is 14.3. The lowest BCUT2D eigenvalue weighted by Gasteiger charge is -2.28. The Labute approximate surface area is 138 Å². The first kappa shape index (κ1) is 15.7. The van der Waals surface area contributed by atoms with Gasteiger partial charge in [0.05, 0.1) is 5.92 Å². The van der Waals surface area contributed by atoms with Gasteiger partial charge in [-0.2, -0.15) is 5.10 Å². The molecule has 0 aliphatic carbocycles. The zero-order valence-electron chi connectivity index (χ0n) is 12.7. The van der Waals surface area contributed by atoms with E-state index in [1.165, 1.54) is 18.2 Å². The Morgan fingerprint density at radius 3 is 2.26 bits per heavy atom. The summed E-state index contributed by atoms with van der Waals surface area (Å²) < 4.78 is 28.6. The zero-order chi connectivity index (χ0) is 16.6. The average molecular weight is 333 g/mol. The summed E-state index contributed by atoms with van der Waals surface area (Å²) in [4.78, 5) is 0. The van der Waals surface area contributed by atoms with Gasteiger partial charge in [0.15, 0.2) is 0 Å². The summed E-state index contributed by atoms with van der Waals surface area (Å²) in [7, 11) is 1.79. The molecule has 5 heteroatoms. The van der Waals surface area contributed by atoms with E-state index in [4.69, 9.17) is 11.6 Å². The van der Waals surface area contributed by atoms with E-state index in [0.717, 1.165) is 11.1 Å². The zero-order valence-corrected chi connectivity index (χ0v) is 13.5. The molecule has 0 spiro atoms. The monoisotopic (exact) mass is 332 g/mol. The third kappa shape index (κ3) is 2.99. The third-order valence-electron chi connectivity index (χ3n) is 3.84. The van der Waals surface area contributed by atoms with Crippen LogP contribution in [-0.4, -0.2) is 17.8 Å². The van der Waals surface area contributed by atoms with Crippen LogP contribution in [0.25, 0.3) is 5.57 Å². The minimum atomic E-state index is -0.575. The van der Waals surface area contributed by atoms with Gasteiger partial charge in [0.2, 0.25) is 0 Å². The summed E-state index contributed by atoms with van der Waals surface area (Å²) in [6.07, 6.45) is 1.78. The quantitative estimate of drug-likeness (QED) is 0.750. The Morgan fingerprint density at radius 1 is 1.04 bits per heavy atom. The molecular formula is C18H15ClF2N2. The summed E-state index contributed by atoms with van der Waals surface area (Å²) in [5, 5.41) is 6.59. The second-order valence-corrected chi connectivity index (χ2v) is 5.91. The Morgan fingerprint density at radius 2 is 1.65 bits per heavy atom. The van der Waals surface area contributed by atoms with Crippen molar-refractivity contribution in [1.29, 1.82) is 0 Å². The Kier molecular flexibility index (Phi) is 4.18. The van der Waals surface area contributed by atoms with Crippen molar-refractivity contribution >= 4 is 22.9 Å². The number of hydrazone groups is 1. The van der Waals surface area contributed by atoms with Crippen molar-refractivity contribution in [2.45, 2.75) is 12.8 Å².